The van der Waals surface area contributed by atoms with Crippen molar-refractivity contribution < 1.29 is 9.53 Å². The van der Waals surface area contributed by atoms with Gasteiger partial charge in [0.25, 0.3) is 0 Å². The predicted molar refractivity (Wildman–Crippen MR) is 103 cm³/mol. The van der Waals surface area contributed by atoms with E-state index < -0.39 is 6.04 Å². The molecular weight excluding hydrogens is 338 g/mol. The van der Waals surface area contributed by atoms with E-state index in [4.69, 9.17) is 16.3 Å². The molecule has 1 atom stereocenters. The van der Waals surface area contributed by atoms with Crippen LogP contribution >= 0.6 is 11.6 Å². The van der Waals surface area contributed by atoms with Crippen LogP contribution in [0.2, 0.25) is 5.02 Å². The van der Waals surface area contributed by atoms with Gasteiger partial charge in [0.05, 0.1) is 23.9 Å². The van der Waals surface area contributed by atoms with Gasteiger partial charge >= 0.3 is 0 Å². The first-order valence-corrected chi connectivity index (χ1v) is 8.76. The summed E-state index contributed by atoms with van der Waals surface area (Å²) in [6, 6.07) is 14.9. The summed E-state index contributed by atoms with van der Waals surface area (Å²) >= 11 is 6.09. The van der Waals surface area contributed by atoms with Crippen molar-refractivity contribution in [3.63, 3.8) is 0 Å². The molecule has 2 aromatic carbocycles. The average molecular weight is 360 g/mol. The molecule has 2 aromatic rings. The number of nitrogens with one attached hydrogen (secondary N) is 2. The lowest BCUT2D eigenvalue weighted by Crippen LogP contribution is -2.36. The fraction of sp³-hybridized carbons (Fsp3) is 0.316. The topological polar surface area (TPSA) is 53.6 Å². The van der Waals surface area contributed by atoms with Gasteiger partial charge in [0.15, 0.2) is 0 Å². The standard InChI is InChI=1S/C19H22ClN3O2/c1-14(19(24)22-18-8-3-2-7-17(18)20)21-15-5-4-6-16(13-15)23-9-11-25-12-10-23/h2-8,13-14,21H,9-12H2,1H3,(H,22,24). The van der Waals surface area contributed by atoms with Crippen LogP contribution in [-0.2, 0) is 9.53 Å². The van der Waals surface area contributed by atoms with Gasteiger partial charge in [-0.25, -0.2) is 0 Å². The number of anilines is 3. The first kappa shape index (κ1) is 17.6. The Morgan fingerprint density at radius 2 is 1.92 bits per heavy atom. The molecule has 0 aromatic heterocycles. The lowest BCUT2D eigenvalue weighted by atomic mass is 10.2. The van der Waals surface area contributed by atoms with Crippen LogP contribution in [0.1, 0.15) is 6.92 Å². The Bertz CT molecular complexity index is 732. The van der Waals surface area contributed by atoms with E-state index in [9.17, 15) is 4.79 Å². The van der Waals surface area contributed by atoms with Crippen LogP contribution in [0.3, 0.4) is 0 Å². The maximum Gasteiger partial charge on any atom is 0.246 e. The van der Waals surface area contributed by atoms with Gasteiger partial charge in [-0.15, -0.1) is 0 Å². The summed E-state index contributed by atoms with van der Waals surface area (Å²) in [6.45, 7) is 5.08. The lowest BCUT2D eigenvalue weighted by molar-refractivity contribution is -0.116. The molecule has 1 aliphatic rings. The number of nitrogens with zero attached hydrogens (tertiary/aromatic N) is 1. The van der Waals surface area contributed by atoms with E-state index in [1.54, 1.807) is 12.1 Å². The molecule has 6 heteroatoms. The number of para-hydroxylation sites is 1. The predicted octanol–water partition coefficient (Wildman–Crippen LogP) is 3.62. The van der Waals surface area contributed by atoms with Crippen LogP contribution in [0.15, 0.2) is 48.5 Å². The smallest absolute Gasteiger partial charge is 0.246 e. The third-order valence-corrected chi connectivity index (χ3v) is 4.46. The molecular formula is C19H22ClN3O2. The second-order valence-electron chi connectivity index (χ2n) is 5.98. The lowest BCUT2D eigenvalue weighted by Gasteiger charge is -2.29. The molecule has 25 heavy (non-hydrogen) atoms. The molecule has 1 saturated heterocycles. The molecule has 3 rings (SSSR count). The van der Waals surface area contributed by atoms with Crippen molar-refractivity contribution in [1.82, 2.24) is 0 Å². The van der Waals surface area contributed by atoms with Crippen LogP contribution in [-0.4, -0.2) is 38.3 Å². The zero-order valence-electron chi connectivity index (χ0n) is 14.2. The molecule has 1 unspecified atom stereocenters. The number of hydrogen-bond acceptors (Lipinski definition) is 4. The van der Waals surface area contributed by atoms with E-state index in [0.29, 0.717) is 10.7 Å². The summed E-state index contributed by atoms with van der Waals surface area (Å²) in [5, 5.41) is 6.62. The molecule has 5 nitrogen and oxygen atoms in total. The number of ether oxygens (including phenoxy) is 1. The second-order valence-corrected chi connectivity index (χ2v) is 6.39. The number of rotatable bonds is 5. The van der Waals surface area contributed by atoms with Crippen molar-refractivity contribution in [2.24, 2.45) is 0 Å². The highest BCUT2D eigenvalue weighted by atomic mass is 35.5. The molecule has 2 N–H and O–H groups in total. The van der Waals surface area contributed by atoms with Crippen LogP contribution < -0.4 is 15.5 Å². The number of halogens is 1. The first-order valence-electron chi connectivity index (χ1n) is 8.38. The second kappa shape index (κ2) is 8.23. The van der Waals surface area contributed by atoms with Crippen molar-refractivity contribution in [1.29, 1.82) is 0 Å². The van der Waals surface area contributed by atoms with Crippen molar-refractivity contribution in [3.8, 4) is 0 Å². The van der Waals surface area contributed by atoms with Gasteiger partial charge in [0, 0.05) is 24.5 Å². The van der Waals surface area contributed by atoms with Gasteiger partial charge in [0.2, 0.25) is 5.91 Å². The summed E-state index contributed by atoms with van der Waals surface area (Å²) in [7, 11) is 0. The molecule has 1 heterocycles. The van der Waals surface area contributed by atoms with Crippen LogP contribution in [0.4, 0.5) is 17.1 Å². The third-order valence-electron chi connectivity index (χ3n) is 4.13. The molecule has 132 valence electrons. The molecule has 0 radical (unpaired) electrons. The number of carbonyl (C=O) groups excluding carboxylic acids is 1. The molecule has 1 aliphatic heterocycles. The normalized spacial score (nSPS) is 15.5. The molecule has 0 bridgehead atoms. The van der Waals surface area contributed by atoms with Crippen molar-refractivity contribution in [3.05, 3.63) is 53.6 Å². The van der Waals surface area contributed by atoms with E-state index in [-0.39, 0.29) is 5.91 Å². The van der Waals surface area contributed by atoms with E-state index in [2.05, 4.69) is 27.7 Å². The monoisotopic (exact) mass is 359 g/mol. The van der Waals surface area contributed by atoms with Crippen LogP contribution in [0.25, 0.3) is 0 Å². The van der Waals surface area contributed by atoms with Gasteiger partial charge in [-0.2, -0.15) is 0 Å². The number of morpholine rings is 1. The Morgan fingerprint density at radius 1 is 1.16 bits per heavy atom. The Morgan fingerprint density at radius 3 is 2.68 bits per heavy atom. The fourth-order valence-corrected chi connectivity index (χ4v) is 2.92. The zero-order chi connectivity index (χ0) is 17.6. The van der Waals surface area contributed by atoms with Crippen molar-refractivity contribution >= 4 is 34.6 Å². The van der Waals surface area contributed by atoms with Gasteiger partial charge in [-0.3, -0.25) is 4.79 Å². The number of hydrogen-bond donors (Lipinski definition) is 2. The molecule has 0 spiro atoms. The summed E-state index contributed by atoms with van der Waals surface area (Å²) < 4.78 is 5.39. The fourth-order valence-electron chi connectivity index (χ4n) is 2.73. The number of amides is 1. The van der Waals surface area contributed by atoms with Crippen LogP contribution in [0, 0.1) is 0 Å². The highest BCUT2D eigenvalue weighted by Crippen LogP contribution is 2.23. The van der Waals surface area contributed by atoms with Crippen molar-refractivity contribution in [2.45, 2.75) is 13.0 Å². The summed E-state index contributed by atoms with van der Waals surface area (Å²) in [5.74, 6) is -0.134. The summed E-state index contributed by atoms with van der Waals surface area (Å²) in [5.41, 5.74) is 2.66. The maximum absolute atomic E-state index is 12.4. The number of benzene rings is 2. The minimum Gasteiger partial charge on any atom is -0.378 e. The zero-order valence-corrected chi connectivity index (χ0v) is 14.9. The van der Waals surface area contributed by atoms with E-state index in [1.165, 1.54) is 0 Å². The molecule has 0 saturated carbocycles. The van der Waals surface area contributed by atoms with Crippen molar-refractivity contribution in [2.75, 3.05) is 41.8 Å². The Kier molecular flexibility index (Phi) is 5.79. The average Bonchev–Trinajstić information content (AvgIpc) is 2.64. The molecule has 1 amide bonds. The molecule has 1 fully saturated rings. The minimum atomic E-state index is -0.392. The highest BCUT2D eigenvalue weighted by Gasteiger charge is 2.15. The number of carbonyl (C=O) groups is 1. The quantitative estimate of drug-likeness (QED) is 0.856. The van der Waals surface area contributed by atoms with Gasteiger partial charge < -0.3 is 20.3 Å². The van der Waals surface area contributed by atoms with E-state index in [1.807, 2.05) is 31.2 Å². The van der Waals surface area contributed by atoms with E-state index >= 15 is 0 Å². The van der Waals surface area contributed by atoms with Gasteiger partial charge in [0.1, 0.15) is 6.04 Å². The van der Waals surface area contributed by atoms with Crippen LogP contribution in [0.5, 0.6) is 0 Å². The first-order chi connectivity index (χ1) is 12.1. The molecule has 0 aliphatic carbocycles. The maximum atomic E-state index is 12.4. The van der Waals surface area contributed by atoms with E-state index in [0.717, 1.165) is 37.7 Å². The Balaban J connectivity index is 1.63. The Hall–Kier alpha value is -2.24. The van der Waals surface area contributed by atoms with Gasteiger partial charge in [-0.05, 0) is 37.3 Å². The summed E-state index contributed by atoms with van der Waals surface area (Å²) in [6.07, 6.45) is 0. The third kappa shape index (κ3) is 4.65. The Labute approximate surface area is 152 Å². The van der Waals surface area contributed by atoms with Gasteiger partial charge in [-0.1, -0.05) is 29.8 Å². The largest absolute Gasteiger partial charge is 0.378 e. The SMILES string of the molecule is CC(Nc1cccc(N2CCOCC2)c1)C(=O)Nc1ccccc1Cl. The summed E-state index contributed by atoms with van der Waals surface area (Å²) in [4.78, 5) is 14.7. The highest BCUT2D eigenvalue weighted by molar-refractivity contribution is 6.33. The minimum absolute atomic E-state index is 0.134.